The maximum Gasteiger partial charge on any atom is 0.251 e. The van der Waals surface area contributed by atoms with Crippen LogP contribution in [-0.2, 0) is 0 Å². The lowest BCUT2D eigenvalue weighted by atomic mass is 9.53. The second kappa shape index (κ2) is 9.34. The third kappa shape index (κ3) is 5.68. The fourth-order valence-electron chi connectivity index (χ4n) is 6.09. The molecule has 0 aromatic heterocycles. The molecule has 0 unspecified atom stereocenters. The average molecular weight is 353 g/mol. The molecule has 0 saturated heterocycles. The van der Waals surface area contributed by atoms with E-state index in [1.54, 1.807) is 0 Å². The van der Waals surface area contributed by atoms with Crippen LogP contribution in [0.15, 0.2) is 0 Å². The van der Waals surface area contributed by atoms with Crippen molar-refractivity contribution in [1.29, 1.82) is 0 Å². The van der Waals surface area contributed by atoms with E-state index in [0.717, 1.165) is 47.3 Å². The van der Waals surface area contributed by atoms with Crippen molar-refractivity contribution >= 4 is 17.6 Å². The Morgan fingerprint density at radius 3 is 1.46 bits per heavy atom. The smallest absolute Gasteiger partial charge is 0.196 e. The lowest BCUT2D eigenvalue weighted by Gasteiger charge is -2.40. The molecule has 0 bridgehead atoms. The van der Waals surface area contributed by atoms with E-state index in [-0.39, 0.29) is 0 Å². The molecule has 6 atom stereocenters. The highest BCUT2D eigenvalue weighted by Gasteiger charge is 2.36. The lowest BCUT2D eigenvalue weighted by Crippen LogP contribution is -2.33. The van der Waals surface area contributed by atoms with Crippen LogP contribution in [0.2, 0.25) is 12.6 Å². The molecule has 2 heteroatoms. The fraction of sp³-hybridized carbons (Fsp3) is 1.00. The lowest BCUT2D eigenvalue weighted by molar-refractivity contribution is 0.152. The Balaban J connectivity index is 1.93. The second-order valence-electron chi connectivity index (χ2n) is 10.2. The molecule has 0 N–H and O–H groups in total. The third-order valence-corrected chi connectivity index (χ3v) is 7.79. The highest BCUT2D eigenvalue weighted by atomic mass is 35.5. The summed E-state index contributed by atoms with van der Waals surface area (Å²) in [5, 5.41) is 0. The SMILES string of the molecule is CC(C)[C@@H]1CC[C@@H](C)C[C@H]1CB(Cl)C[C@H]1C[C@H](C)CC[C@H]1C(C)C. The van der Waals surface area contributed by atoms with E-state index in [1.807, 2.05) is 0 Å². The van der Waals surface area contributed by atoms with Crippen molar-refractivity contribution in [2.75, 3.05) is 0 Å². The first-order valence-corrected chi connectivity index (χ1v) is 11.4. The van der Waals surface area contributed by atoms with Gasteiger partial charge in [-0.2, -0.15) is 11.5 Å². The maximum atomic E-state index is 6.98. The van der Waals surface area contributed by atoms with Crippen molar-refractivity contribution in [1.82, 2.24) is 0 Å². The maximum absolute atomic E-state index is 6.98. The minimum atomic E-state index is 0.401. The molecule has 24 heavy (non-hydrogen) atoms. The van der Waals surface area contributed by atoms with Gasteiger partial charge in [0.1, 0.15) is 0 Å². The summed E-state index contributed by atoms with van der Waals surface area (Å²) in [6, 6.07) is 0. The monoisotopic (exact) mass is 352 g/mol. The van der Waals surface area contributed by atoms with Crippen molar-refractivity contribution in [2.45, 2.75) is 92.7 Å². The summed E-state index contributed by atoms with van der Waals surface area (Å²) in [5.41, 5.74) is 0. The molecular formula is C22H42BCl. The van der Waals surface area contributed by atoms with Crippen LogP contribution in [0.4, 0.5) is 0 Å². The molecule has 0 radical (unpaired) electrons. The number of hydrogen-bond donors (Lipinski definition) is 0. The van der Waals surface area contributed by atoms with E-state index >= 15 is 0 Å². The Morgan fingerprint density at radius 1 is 0.750 bits per heavy atom. The number of hydrogen-bond acceptors (Lipinski definition) is 0. The summed E-state index contributed by atoms with van der Waals surface area (Å²) in [4.78, 5) is 0. The number of halogens is 1. The first-order chi connectivity index (χ1) is 11.3. The zero-order valence-corrected chi connectivity index (χ0v) is 18.0. The van der Waals surface area contributed by atoms with Gasteiger partial charge in [-0.05, 0) is 73.0 Å². The summed E-state index contributed by atoms with van der Waals surface area (Å²) in [6.07, 6.45) is 11.5. The summed E-state index contributed by atoms with van der Waals surface area (Å²) >= 11 is 6.98. The van der Waals surface area contributed by atoms with Crippen LogP contribution >= 0.6 is 11.5 Å². The normalized spacial score (nSPS) is 37.9. The molecule has 0 aromatic carbocycles. The predicted octanol–water partition coefficient (Wildman–Crippen LogP) is 7.63. The summed E-state index contributed by atoms with van der Waals surface area (Å²) < 4.78 is 0. The van der Waals surface area contributed by atoms with Crippen molar-refractivity contribution in [3.05, 3.63) is 0 Å². The van der Waals surface area contributed by atoms with E-state index in [9.17, 15) is 0 Å². The molecular weight excluding hydrogens is 311 g/mol. The Labute approximate surface area is 157 Å². The molecule has 0 amide bonds. The molecule has 2 aliphatic rings. The third-order valence-electron chi connectivity index (χ3n) is 7.44. The summed E-state index contributed by atoms with van der Waals surface area (Å²) in [6.45, 7) is 14.6. The van der Waals surface area contributed by atoms with Gasteiger partial charge in [-0.1, -0.05) is 67.0 Å². The molecule has 0 heterocycles. The van der Waals surface area contributed by atoms with Crippen LogP contribution in [0, 0.1) is 47.3 Å². The van der Waals surface area contributed by atoms with E-state index in [4.69, 9.17) is 11.5 Å². The Bertz CT molecular complexity index is 333. The van der Waals surface area contributed by atoms with Crippen molar-refractivity contribution < 1.29 is 0 Å². The van der Waals surface area contributed by atoms with Gasteiger partial charge in [0, 0.05) is 0 Å². The minimum Gasteiger partial charge on any atom is -0.196 e. The average Bonchev–Trinajstić information content (AvgIpc) is 2.46. The van der Waals surface area contributed by atoms with Crippen LogP contribution in [0.5, 0.6) is 0 Å². The van der Waals surface area contributed by atoms with Crippen LogP contribution < -0.4 is 0 Å². The van der Waals surface area contributed by atoms with Gasteiger partial charge >= 0.3 is 0 Å². The fourth-order valence-corrected chi connectivity index (χ4v) is 6.55. The Morgan fingerprint density at radius 2 is 1.12 bits per heavy atom. The molecule has 2 aliphatic carbocycles. The van der Waals surface area contributed by atoms with Crippen molar-refractivity contribution in [3.63, 3.8) is 0 Å². The summed E-state index contributed by atoms with van der Waals surface area (Å²) in [7, 11) is 0. The van der Waals surface area contributed by atoms with Crippen molar-refractivity contribution in [2.24, 2.45) is 47.3 Å². The number of rotatable bonds is 6. The second-order valence-corrected chi connectivity index (χ2v) is 10.9. The van der Waals surface area contributed by atoms with E-state index in [2.05, 4.69) is 41.5 Å². The van der Waals surface area contributed by atoms with E-state index in [1.165, 1.54) is 51.2 Å². The van der Waals surface area contributed by atoms with E-state index in [0.29, 0.717) is 6.13 Å². The minimum absolute atomic E-state index is 0.401. The molecule has 2 saturated carbocycles. The molecule has 0 aliphatic heterocycles. The molecule has 2 fully saturated rings. The molecule has 0 aromatic rings. The summed E-state index contributed by atoms with van der Waals surface area (Å²) in [5.74, 6) is 7.03. The van der Waals surface area contributed by atoms with Gasteiger partial charge in [0.15, 0.2) is 0 Å². The van der Waals surface area contributed by atoms with Gasteiger partial charge in [0.2, 0.25) is 0 Å². The van der Waals surface area contributed by atoms with Gasteiger partial charge < -0.3 is 0 Å². The predicted molar refractivity (Wildman–Crippen MR) is 111 cm³/mol. The van der Waals surface area contributed by atoms with E-state index < -0.39 is 0 Å². The highest BCUT2D eigenvalue weighted by molar-refractivity contribution is 7.07. The largest absolute Gasteiger partial charge is 0.251 e. The molecule has 2 rings (SSSR count). The Kier molecular flexibility index (Phi) is 8.04. The van der Waals surface area contributed by atoms with Crippen LogP contribution in [0.3, 0.4) is 0 Å². The van der Waals surface area contributed by atoms with Gasteiger partial charge in [-0.15, -0.1) is 0 Å². The van der Waals surface area contributed by atoms with Gasteiger partial charge in [0.05, 0.1) is 0 Å². The molecule has 0 nitrogen and oxygen atoms in total. The standard InChI is InChI=1S/C22H42BCl/c1-15(2)21-9-7-17(5)11-19(21)13-23(24)14-20-12-18(6)8-10-22(20)16(3)4/h15-22H,7-14H2,1-6H3/t17-,18-,19-,20+,21+,22+/m1/s1. The zero-order chi connectivity index (χ0) is 17.9. The quantitative estimate of drug-likeness (QED) is 0.431. The van der Waals surface area contributed by atoms with Gasteiger partial charge in [-0.25, -0.2) is 0 Å². The van der Waals surface area contributed by atoms with Crippen LogP contribution in [0.25, 0.3) is 0 Å². The van der Waals surface area contributed by atoms with Gasteiger partial charge in [0.25, 0.3) is 6.13 Å². The Hall–Kier alpha value is 0.355. The zero-order valence-electron chi connectivity index (χ0n) is 17.2. The highest BCUT2D eigenvalue weighted by Crippen LogP contribution is 2.44. The topological polar surface area (TPSA) is 0 Å². The first kappa shape index (κ1) is 20.7. The van der Waals surface area contributed by atoms with Gasteiger partial charge in [-0.3, -0.25) is 0 Å². The van der Waals surface area contributed by atoms with Crippen molar-refractivity contribution in [3.8, 4) is 0 Å². The van der Waals surface area contributed by atoms with Crippen LogP contribution in [-0.4, -0.2) is 6.13 Å². The molecule has 0 spiro atoms. The molecule has 140 valence electrons. The first-order valence-electron chi connectivity index (χ1n) is 10.9. The van der Waals surface area contributed by atoms with Crippen LogP contribution in [0.1, 0.15) is 80.1 Å².